The quantitative estimate of drug-likeness (QED) is 0.858. The number of para-hydroxylation sites is 1. The number of nitrogens with zero attached hydrogens (tertiary/aromatic N) is 5. The minimum atomic E-state index is 0.330. The first-order valence-corrected chi connectivity index (χ1v) is 7.63. The Hall–Kier alpha value is -2.65. The number of aromatic nitrogens is 2. The summed E-state index contributed by atoms with van der Waals surface area (Å²) in [6, 6.07) is 13.9. The summed E-state index contributed by atoms with van der Waals surface area (Å²) in [5.74, 6) is 0.751. The lowest BCUT2D eigenvalue weighted by molar-refractivity contribution is 0.122. The fourth-order valence-corrected chi connectivity index (χ4v) is 2.68. The molecule has 0 N–H and O–H groups in total. The van der Waals surface area contributed by atoms with Crippen molar-refractivity contribution in [2.45, 2.75) is 6.54 Å². The average molecular weight is 309 g/mol. The van der Waals surface area contributed by atoms with Crippen LogP contribution in [0.25, 0.3) is 0 Å². The summed E-state index contributed by atoms with van der Waals surface area (Å²) in [7, 11) is 1.98. The van der Waals surface area contributed by atoms with Gasteiger partial charge in [-0.25, -0.2) is 0 Å². The van der Waals surface area contributed by atoms with Gasteiger partial charge in [0.25, 0.3) is 0 Å². The van der Waals surface area contributed by atoms with Crippen molar-refractivity contribution in [2.75, 3.05) is 43.2 Å². The molecule has 23 heavy (non-hydrogen) atoms. The van der Waals surface area contributed by atoms with Crippen molar-refractivity contribution in [3.63, 3.8) is 0 Å². The molecule has 0 spiro atoms. The summed E-state index contributed by atoms with van der Waals surface area (Å²) in [6.45, 7) is 4.10. The molecule has 0 aliphatic carbocycles. The monoisotopic (exact) mass is 309 g/mol. The summed E-state index contributed by atoms with van der Waals surface area (Å²) < 4.78 is 5.44. The van der Waals surface area contributed by atoms with Crippen LogP contribution in [0.4, 0.5) is 11.5 Å². The van der Waals surface area contributed by atoms with Crippen LogP contribution in [0.15, 0.2) is 36.4 Å². The first kappa shape index (κ1) is 15.3. The molecule has 1 aromatic heterocycles. The molecule has 2 heterocycles. The van der Waals surface area contributed by atoms with Gasteiger partial charge in [0.05, 0.1) is 13.2 Å². The van der Waals surface area contributed by atoms with Crippen molar-refractivity contribution < 1.29 is 4.74 Å². The molecule has 0 unspecified atom stereocenters. The Labute approximate surface area is 135 Å². The van der Waals surface area contributed by atoms with E-state index < -0.39 is 0 Å². The molecule has 0 radical (unpaired) electrons. The van der Waals surface area contributed by atoms with Crippen molar-refractivity contribution in [3.8, 4) is 6.07 Å². The van der Waals surface area contributed by atoms with Gasteiger partial charge in [-0.3, -0.25) is 0 Å². The first-order valence-electron chi connectivity index (χ1n) is 7.63. The Kier molecular flexibility index (Phi) is 4.69. The van der Waals surface area contributed by atoms with Gasteiger partial charge in [0, 0.05) is 32.4 Å². The van der Waals surface area contributed by atoms with Gasteiger partial charge < -0.3 is 14.5 Å². The average Bonchev–Trinajstić information content (AvgIpc) is 2.63. The standard InChI is InChI=1S/C17H19N5O/c1-21(17-7-6-15(12-18)19-20-17)13-14-4-2-3-5-16(14)22-8-10-23-11-9-22/h2-7H,8-11,13H2,1H3. The zero-order chi connectivity index (χ0) is 16.1. The second-order valence-electron chi connectivity index (χ2n) is 5.47. The minimum Gasteiger partial charge on any atom is -0.378 e. The van der Waals surface area contributed by atoms with Gasteiger partial charge in [0.1, 0.15) is 6.07 Å². The van der Waals surface area contributed by atoms with Crippen molar-refractivity contribution in [1.82, 2.24) is 10.2 Å². The number of anilines is 2. The van der Waals surface area contributed by atoms with Crippen LogP contribution in [0.3, 0.4) is 0 Å². The molecule has 1 fully saturated rings. The molecule has 0 atom stereocenters. The van der Waals surface area contributed by atoms with Crippen molar-refractivity contribution in [3.05, 3.63) is 47.7 Å². The highest BCUT2D eigenvalue weighted by molar-refractivity contribution is 5.55. The third kappa shape index (κ3) is 3.58. The van der Waals surface area contributed by atoms with E-state index in [0.717, 1.165) is 38.7 Å². The minimum absolute atomic E-state index is 0.330. The normalized spacial score (nSPS) is 14.3. The number of rotatable bonds is 4. The second-order valence-corrected chi connectivity index (χ2v) is 5.47. The molecule has 1 aliphatic heterocycles. The molecule has 6 nitrogen and oxygen atoms in total. The van der Waals surface area contributed by atoms with Gasteiger partial charge >= 0.3 is 0 Å². The summed E-state index contributed by atoms with van der Waals surface area (Å²) in [5.41, 5.74) is 2.81. The molecule has 2 aromatic rings. The smallest absolute Gasteiger partial charge is 0.163 e. The van der Waals surface area contributed by atoms with Crippen LogP contribution >= 0.6 is 0 Å². The maximum absolute atomic E-state index is 8.80. The largest absolute Gasteiger partial charge is 0.378 e. The molecule has 0 saturated carbocycles. The third-order valence-electron chi connectivity index (χ3n) is 3.91. The Balaban J connectivity index is 1.77. The lowest BCUT2D eigenvalue weighted by Crippen LogP contribution is -2.37. The number of morpholine rings is 1. The van der Waals surface area contributed by atoms with E-state index in [-0.39, 0.29) is 0 Å². The first-order chi connectivity index (χ1) is 11.3. The number of hydrogen-bond acceptors (Lipinski definition) is 6. The van der Waals surface area contributed by atoms with Crippen molar-refractivity contribution in [1.29, 1.82) is 5.26 Å². The zero-order valence-electron chi connectivity index (χ0n) is 13.1. The van der Waals surface area contributed by atoms with Gasteiger partial charge in [-0.05, 0) is 23.8 Å². The fraction of sp³-hybridized carbons (Fsp3) is 0.353. The summed E-state index contributed by atoms with van der Waals surface area (Å²) in [4.78, 5) is 4.39. The lowest BCUT2D eigenvalue weighted by atomic mass is 10.1. The predicted molar refractivity (Wildman–Crippen MR) is 88.3 cm³/mol. The third-order valence-corrected chi connectivity index (χ3v) is 3.91. The molecule has 0 bridgehead atoms. The summed E-state index contributed by atoms with van der Waals surface area (Å²) in [5, 5.41) is 16.8. The van der Waals surface area contributed by atoms with E-state index >= 15 is 0 Å². The predicted octanol–water partition coefficient (Wildman–Crippen LogP) is 1.82. The van der Waals surface area contributed by atoms with E-state index in [4.69, 9.17) is 10.00 Å². The van der Waals surface area contributed by atoms with Gasteiger partial charge in [-0.1, -0.05) is 18.2 Å². The van der Waals surface area contributed by atoms with Crippen molar-refractivity contribution >= 4 is 11.5 Å². The molecule has 6 heteroatoms. The van der Waals surface area contributed by atoms with E-state index in [2.05, 4.69) is 39.4 Å². The highest BCUT2D eigenvalue weighted by atomic mass is 16.5. The molecular formula is C17H19N5O. The maximum Gasteiger partial charge on any atom is 0.163 e. The molecular weight excluding hydrogens is 290 g/mol. The van der Waals surface area contributed by atoms with E-state index in [9.17, 15) is 0 Å². The molecule has 1 aromatic carbocycles. The number of benzene rings is 1. The highest BCUT2D eigenvalue weighted by Gasteiger charge is 2.15. The van der Waals surface area contributed by atoms with Gasteiger partial charge in [0.2, 0.25) is 0 Å². The molecule has 118 valence electrons. The molecule has 0 amide bonds. The summed E-state index contributed by atoms with van der Waals surface area (Å²) >= 11 is 0. The zero-order valence-corrected chi connectivity index (χ0v) is 13.1. The van der Waals surface area contributed by atoms with Gasteiger partial charge in [0.15, 0.2) is 11.5 Å². The SMILES string of the molecule is CN(Cc1ccccc1N1CCOCC1)c1ccc(C#N)nn1. The lowest BCUT2D eigenvalue weighted by Gasteiger charge is -2.31. The van der Waals surface area contributed by atoms with Crippen LogP contribution in [-0.2, 0) is 11.3 Å². The highest BCUT2D eigenvalue weighted by Crippen LogP contribution is 2.24. The fourth-order valence-electron chi connectivity index (χ4n) is 2.68. The molecule has 1 aliphatic rings. The topological polar surface area (TPSA) is 65.3 Å². The van der Waals surface area contributed by atoms with Crippen LogP contribution in [0.1, 0.15) is 11.3 Å². The maximum atomic E-state index is 8.80. The van der Waals surface area contributed by atoms with Gasteiger partial charge in [-0.15, -0.1) is 10.2 Å². The number of ether oxygens (including phenoxy) is 1. The van der Waals surface area contributed by atoms with Gasteiger partial charge in [-0.2, -0.15) is 5.26 Å². The summed E-state index contributed by atoms with van der Waals surface area (Å²) in [6.07, 6.45) is 0. The molecule has 3 rings (SSSR count). The van der Waals surface area contributed by atoms with Crippen LogP contribution in [0.2, 0.25) is 0 Å². The van der Waals surface area contributed by atoms with E-state index in [1.807, 2.05) is 24.1 Å². The van der Waals surface area contributed by atoms with Crippen molar-refractivity contribution in [2.24, 2.45) is 0 Å². The van der Waals surface area contributed by atoms with Crippen LogP contribution < -0.4 is 9.80 Å². The van der Waals surface area contributed by atoms with E-state index in [1.165, 1.54) is 11.3 Å². The Morgan fingerprint density at radius 3 is 2.65 bits per heavy atom. The number of hydrogen-bond donors (Lipinski definition) is 0. The Bertz CT molecular complexity index is 689. The van der Waals surface area contributed by atoms with Crippen LogP contribution in [-0.4, -0.2) is 43.5 Å². The molecule has 1 saturated heterocycles. The number of nitriles is 1. The van der Waals surface area contributed by atoms with E-state index in [0.29, 0.717) is 5.69 Å². The Morgan fingerprint density at radius 2 is 1.96 bits per heavy atom. The van der Waals surface area contributed by atoms with E-state index in [1.54, 1.807) is 6.07 Å². The van der Waals surface area contributed by atoms with Crippen LogP contribution in [0, 0.1) is 11.3 Å². The van der Waals surface area contributed by atoms with Crippen LogP contribution in [0.5, 0.6) is 0 Å². The second kappa shape index (κ2) is 7.07. The Morgan fingerprint density at radius 1 is 1.17 bits per heavy atom.